The minimum atomic E-state index is -0.341. The highest BCUT2D eigenvalue weighted by Gasteiger charge is 2.41. The van der Waals surface area contributed by atoms with Gasteiger partial charge in [-0.15, -0.1) is 0 Å². The van der Waals surface area contributed by atoms with Crippen LogP contribution in [0.4, 0.5) is 5.82 Å². The summed E-state index contributed by atoms with van der Waals surface area (Å²) in [4.78, 5) is 17.3. The van der Waals surface area contributed by atoms with Crippen LogP contribution in [0.25, 0.3) is 5.57 Å². The number of fused-ring (bicyclic) bond motifs is 2. The molecule has 3 aliphatic rings. The fourth-order valence-electron chi connectivity index (χ4n) is 4.37. The van der Waals surface area contributed by atoms with E-state index >= 15 is 0 Å². The minimum absolute atomic E-state index is 0.196. The first kappa shape index (κ1) is 16.5. The van der Waals surface area contributed by atoms with Gasteiger partial charge in [-0.05, 0) is 54.9 Å². The lowest BCUT2D eigenvalue weighted by Crippen LogP contribution is -2.49. The van der Waals surface area contributed by atoms with Gasteiger partial charge in [-0.3, -0.25) is 4.79 Å². The molecule has 1 fully saturated rings. The number of ether oxygens (including phenoxy) is 1. The molecule has 0 radical (unpaired) electrons. The lowest BCUT2D eigenvalue weighted by Gasteiger charge is -2.41. The van der Waals surface area contributed by atoms with Crippen molar-refractivity contribution >= 4 is 17.2 Å². The van der Waals surface area contributed by atoms with Crippen molar-refractivity contribution in [3.05, 3.63) is 58.8 Å². The molecule has 0 saturated carbocycles. The molecule has 5 rings (SSSR count). The van der Waals surface area contributed by atoms with E-state index in [9.17, 15) is 4.79 Å². The van der Waals surface area contributed by atoms with E-state index in [0.29, 0.717) is 12.0 Å². The van der Waals surface area contributed by atoms with Crippen molar-refractivity contribution in [2.75, 3.05) is 25.0 Å². The van der Waals surface area contributed by atoms with Gasteiger partial charge in [0.1, 0.15) is 17.2 Å². The number of pyridine rings is 1. The third-order valence-electron chi connectivity index (χ3n) is 5.81. The maximum Gasteiger partial charge on any atom is 0.170 e. The molecule has 27 heavy (non-hydrogen) atoms. The van der Waals surface area contributed by atoms with Gasteiger partial charge in [0.2, 0.25) is 0 Å². The van der Waals surface area contributed by atoms with E-state index in [1.165, 1.54) is 0 Å². The number of aromatic nitrogens is 1. The largest absolute Gasteiger partial charge is 0.486 e. The lowest BCUT2D eigenvalue weighted by atomic mass is 9.82. The van der Waals surface area contributed by atoms with Crippen molar-refractivity contribution in [2.24, 2.45) is 0 Å². The topological polar surface area (TPSA) is 63.2 Å². The van der Waals surface area contributed by atoms with Crippen LogP contribution in [0.2, 0.25) is 0 Å². The van der Waals surface area contributed by atoms with E-state index in [2.05, 4.69) is 34.7 Å². The summed E-state index contributed by atoms with van der Waals surface area (Å²) in [6, 6.07) is 8.15. The van der Waals surface area contributed by atoms with Crippen LogP contribution in [0.1, 0.15) is 46.3 Å². The molecular formula is C22H23N3O2. The first-order valence-electron chi connectivity index (χ1n) is 9.62. The summed E-state index contributed by atoms with van der Waals surface area (Å²) in [5.74, 6) is 1.83. The van der Waals surface area contributed by atoms with Crippen LogP contribution in [-0.4, -0.2) is 36.0 Å². The molecule has 138 valence electrons. The van der Waals surface area contributed by atoms with Gasteiger partial charge >= 0.3 is 0 Å². The van der Waals surface area contributed by atoms with E-state index in [-0.39, 0.29) is 11.4 Å². The van der Waals surface area contributed by atoms with Crippen molar-refractivity contribution in [2.45, 2.75) is 31.8 Å². The minimum Gasteiger partial charge on any atom is -0.486 e. The van der Waals surface area contributed by atoms with E-state index in [1.807, 2.05) is 24.4 Å². The predicted octanol–water partition coefficient (Wildman–Crippen LogP) is 3.33. The molecule has 2 aromatic rings. The van der Waals surface area contributed by atoms with Gasteiger partial charge in [0.25, 0.3) is 0 Å². The molecular weight excluding hydrogens is 338 g/mol. The molecule has 1 saturated heterocycles. The van der Waals surface area contributed by atoms with Gasteiger partial charge in [-0.25, -0.2) is 4.98 Å². The van der Waals surface area contributed by atoms with Gasteiger partial charge in [-0.1, -0.05) is 12.1 Å². The van der Waals surface area contributed by atoms with Gasteiger partial charge in [0.05, 0.1) is 12.0 Å². The molecule has 5 nitrogen and oxygen atoms in total. The summed E-state index contributed by atoms with van der Waals surface area (Å²) in [5, 5.41) is 6.69. The Kier molecular flexibility index (Phi) is 3.79. The Morgan fingerprint density at radius 2 is 2.00 bits per heavy atom. The summed E-state index contributed by atoms with van der Waals surface area (Å²) in [6.45, 7) is 4.59. The number of anilines is 1. The Morgan fingerprint density at radius 1 is 1.15 bits per heavy atom. The molecule has 3 aliphatic heterocycles. The molecule has 0 amide bonds. The summed E-state index contributed by atoms with van der Waals surface area (Å²) in [6.07, 6.45) is 6.29. The second-order valence-corrected chi connectivity index (χ2v) is 7.75. The van der Waals surface area contributed by atoms with Crippen molar-refractivity contribution in [1.82, 2.24) is 10.3 Å². The standard InChI is InChI=1S/C22H23N3O2/c1-14-10-18-16(4-7-24-21(18)25-13-14)15-2-3-17-19(26)12-22(27-20(17)11-15)5-8-23-9-6-22/h2-4,10-11,13,23H,5-9,12H2,1H3,(H,24,25). The molecule has 1 spiro atoms. The Morgan fingerprint density at radius 3 is 2.85 bits per heavy atom. The smallest absolute Gasteiger partial charge is 0.170 e. The van der Waals surface area contributed by atoms with Gasteiger partial charge in [0.15, 0.2) is 5.78 Å². The van der Waals surface area contributed by atoms with E-state index in [0.717, 1.165) is 66.3 Å². The Bertz CT molecular complexity index is 958. The van der Waals surface area contributed by atoms with E-state index in [1.54, 1.807) is 0 Å². The number of piperidine rings is 1. The van der Waals surface area contributed by atoms with Crippen molar-refractivity contribution in [1.29, 1.82) is 0 Å². The van der Waals surface area contributed by atoms with Crippen molar-refractivity contribution in [3.8, 4) is 5.75 Å². The van der Waals surface area contributed by atoms with Crippen LogP contribution in [0.3, 0.4) is 0 Å². The number of ketones is 1. The average Bonchev–Trinajstić information content (AvgIpc) is 2.67. The molecule has 0 unspecified atom stereocenters. The predicted molar refractivity (Wildman–Crippen MR) is 105 cm³/mol. The van der Waals surface area contributed by atoms with Crippen LogP contribution in [0.5, 0.6) is 5.75 Å². The summed E-state index contributed by atoms with van der Waals surface area (Å²) < 4.78 is 6.45. The van der Waals surface area contributed by atoms with Crippen LogP contribution < -0.4 is 15.4 Å². The molecule has 5 heteroatoms. The number of aryl methyl sites for hydroxylation is 1. The Balaban J connectivity index is 1.55. The van der Waals surface area contributed by atoms with Crippen LogP contribution in [0, 0.1) is 6.92 Å². The van der Waals surface area contributed by atoms with Crippen LogP contribution in [-0.2, 0) is 0 Å². The number of benzene rings is 1. The zero-order valence-corrected chi connectivity index (χ0v) is 15.5. The quantitative estimate of drug-likeness (QED) is 0.816. The Hall–Kier alpha value is -2.66. The molecule has 1 aromatic heterocycles. The first-order valence-corrected chi connectivity index (χ1v) is 9.62. The first-order chi connectivity index (χ1) is 13.1. The SMILES string of the molecule is Cc1cnc2c(c1)C(c1ccc3c(c1)OC1(CCNCC1)CC3=O)=CCN2. The van der Waals surface area contributed by atoms with E-state index < -0.39 is 0 Å². The fourth-order valence-corrected chi connectivity index (χ4v) is 4.37. The molecule has 0 bridgehead atoms. The summed E-state index contributed by atoms with van der Waals surface area (Å²) >= 11 is 0. The van der Waals surface area contributed by atoms with Gasteiger partial charge < -0.3 is 15.4 Å². The molecule has 2 N–H and O–H groups in total. The molecule has 0 atom stereocenters. The number of nitrogens with zero attached hydrogens (tertiary/aromatic N) is 1. The van der Waals surface area contributed by atoms with Crippen molar-refractivity contribution in [3.63, 3.8) is 0 Å². The van der Waals surface area contributed by atoms with Crippen LogP contribution in [0.15, 0.2) is 36.5 Å². The Labute approximate surface area is 158 Å². The zero-order valence-electron chi connectivity index (χ0n) is 15.5. The monoisotopic (exact) mass is 361 g/mol. The number of rotatable bonds is 1. The molecule has 1 aromatic carbocycles. The summed E-state index contributed by atoms with van der Waals surface area (Å²) in [7, 11) is 0. The third-order valence-corrected chi connectivity index (χ3v) is 5.81. The number of carbonyl (C=O) groups is 1. The third kappa shape index (κ3) is 2.82. The fraction of sp³-hybridized carbons (Fsp3) is 0.364. The number of carbonyl (C=O) groups excluding carboxylic acids is 1. The number of Topliss-reactive ketones (excluding diaryl/α,β-unsaturated/α-hetero) is 1. The number of hydrogen-bond donors (Lipinski definition) is 2. The number of hydrogen-bond acceptors (Lipinski definition) is 5. The van der Waals surface area contributed by atoms with Crippen molar-refractivity contribution < 1.29 is 9.53 Å². The van der Waals surface area contributed by atoms with Gasteiger partial charge in [-0.2, -0.15) is 0 Å². The second-order valence-electron chi connectivity index (χ2n) is 7.75. The van der Waals surface area contributed by atoms with E-state index in [4.69, 9.17) is 4.74 Å². The summed E-state index contributed by atoms with van der Waals surface area (Å²) in [5.41, 5.74) is 4.81. The highest BCUT2D eigenvalue weighted by molar-refractivity contribution is 6.01. The normalized spacial score (nSPS) is 20.2. The number of nitrogens with one attached hydrogen (secondary N) is 2. The molecule has 4 heterocycles. The highest BCUT2D eigenvalue weighted by Crippen LogP contribution is 2.41. The maximum atomic E-state index is 12.8. The zero-order chi connectivity index (χ0) is 18.4. The lowest BCUT2D eigenvalue weighted by molar-refractivity contribution is 0.0187. The highest BCUT2D eigenvalue weighted by atomic mass is 16.5. The maximum absolute atomic E-state index is 12.8. The van der Waals surface area contributed by atoms with Gasteiger partial charge in [0, 0.05) is 31.1 Å². The van der Waals surface area contributed by atoms with Crippen LogP contribution >= 0.6 is 0 Å². The average molecular weight is 361 g/mol. The molecule has 0 aliphatic carbocycles. The second kappa shape index (κ2) is 6.20.